The largest absolute Gasteiger partial charge is 0.359 e. The molecule has 0 aromatic rings. The standard InChI is InChI=1S/C9H19N3S/c1-7(2)6-10-12(5)9(13)11-8(3)4/h6-8H,1-5H3,(H,11,13)/b10-6+. The first-order valence-electron chi connectivity index (χ1n) is 4.51. The fourth-order valence-corrected chi connectivity index (χ4v) is 0.909. The van der Waals surface area contributed by atoms with Crippen LogP contribution in [0.2, 0.25) is 0 Å². The molecule has 0 rings (SSSR count). The SMILES string of the molecule is CC(C)/C=N/N(C)C(=S)NC(C)C. The number of hydrogen-bond acceptors (Lipinski definition) is 2. The second kappa shape index (κ2) is 5.91. The van der Waals surface area contributed by atoms with E-state index in [1.807, 2.05) is 27.1 Å². The molecule has 0 amide bonds. The van der Waals surface area contributed by atoms with Gasteiger partial charge in [-0.2, -0.15) is 5.10 Å². The van der Waals surface area contributed by atoms with Crippen molar-refractivity contribution in [1.29, 1.82) is 0 Å². The van der Waals surface area contributed by atoms with Gasteiger partial charge in [0, 0.05) is 19.3 Å². The molecule has 0 saturated carbocycles. The molecular formula is C9H19N3S. The first-order valence-corrected chi connectivity index (χ1v) is 4.92. The van der Waals surface area contributed by atoms with Crippen molar-refractivity contribution < 1.29 is 0 Å². The fourth-order valence-electron chi connectivity index (χ4n) is 0.626. The predicted octanol–water partition coefficient (Wildman–Crippen LogP) is 1.84. The number of hydrazone groups is 1. The van der Waals surface area contributed by atoms with Crippen LogP contribution in [-0.2, 0) is 0 Å². The molecule has 0 unspecified atom stereocenters. The van der Waals surface area contributed by atoms with E-state index >= 15 is 0 Å². The first kappa shape index (κ1) is 12.4. The molecule has 13 heavy (non-hydrogen) atoms. The third-order valence-corrected chi connectivity index (χ3v) is 1.63. The number of nitrogens with one attached hydrogen (secondary N) is 1. The maximum atomic E-state index is 5.11. The van der Waals surface area contributed by atoms with Crippen LogP contribution in [0.3, 0.4) is 0 Å². The highest BCUT2D eigenvalue weighted by molar-refractivity contribution is 7.80. The van der Waals surface area contributed by atoms with Crippen LogP contribution in [0.4, 0.5) is 0 Å². The Morgan fingerprint density at radius 3 is 2.31 bits per heavy atom. The van der Waals surface area contributed by atoms with Crippen molar-refractivity contribution in [2.24, 2.45) is 11.0 Å². The Hall–Kier alpha value is -0.640. The van der Waals surface area contributed by atoms with Crippen molar-refractivity contribution in [3.05, 3.63) is 0 Å². The summed E-state index contributed by atoms with van der Waals surface area (Å²) in [7, 11) is 1.84. The van der Waals surface area contributed by atoms with Gasteiger partial charge in [-0.25, -0.2) is 5.01 Å². The monoisotopic (exact) mass is 201 g/mol. The molecular weight excluding hydrogens is 182 g/mol. The maximum absolute atomic E-state index is 5.11. The topological polar surface area (TPSA) is 27.6 Å². The van der Waals surface area contributed by atoms with Gasteiger partial charge in [-0.15, -0.1) is 0 Å². The summed E-state index contributed by atoms with van der Waals surface area (Å²) in [5, 5.41) is 9.63. The van der Waals surface area contributed by atoms with Gasteiger partial charge in [-0.05, 0) is 32.0 Å². The van der Waals surface area contributed by atoms with E-state index in [9.17, 15) is 0 Å². The molecule has 0 atom stereocenters. The van der Waals surface area contributed by atoms with Gasteiger partial charge in [-0.3, -0.25) is 0 Å². The number of thiocarbonyl (C=S) groups is 1. The van der Waals surface area contributed by atoms with Gasteiger partial charge in [0.25, 0.3) is 0 Å². The van der Waals surface area contributed by atoms with Crippen molar-refractivity contribution in [2.75, 3.05) is 7.05 Å². The molecule has 1 N–H and O–H groups in total. The number of nitrogens with zero attached hydrogens (tertiary/aromatic N) is 2. The minimum Gasteiger partial charge on any atom is -0.359 e. The van der Waals surface area contributed by atoms with E-state index in [-0.39, 0.29) is 0 Å². The summed E-state index contributed by atoms with van der Waals surface area (Å²) in [6.07, 6.45) is 1.87. The molecule has 0 spiro atoms. The van der Waals surface area contributed by atoms with E-state index < -0.39 is 0 Å². The lowest BCUT2D eigenvalue weighted by Crippen LogP contribution is -2.38. The Kier molecular flexibility index (Phi) is 5.62. The van der Waals surface area contributed by atoms with E-state index in [1.54, 1.807) is 5.01 Å². The highest BCUT2D eigenvalue weighted by Gasteiger charge is 2.02. The second-order valence-electron chi connectivity index (χ2n) is 3.64. The van der Waals surface area contributed by atoms with Crippen molar-refractivity contribution in [3.8, 4) is 0 Å². The molecule has 0 radical (unpaired) electrons. The van der Waals surface area contributed by atoms with Gasteiger partial charge >= 0.3 is 0 Å². The lowest BCUT2D eigenvalue weighted by molar-refractivity contribution is 0.516. The maximum Gasteiger partial charge on any atom is 0.189 e. The first-order chi connectivity index (χ1) is 5.93. The third-order valence-electron chi connectivity index (χ3n) is 1.24. The van der Waals surface area contributed by atoms with Gasteiger partial charge in [0.05, 0.1) is 0 Å². The Bertz CT molecular complexity index is 187. The minimum absolute atomic E-state index is 0.351. The zero-order valence-electron chi connectivity index (χ0n) is 9.03. The highest BCUT2D eigenvalue weighted by atomic mass is 32.1. The number of hydrogen-bond donors (Lipinski definition) is 1. The molecule has 76 valence electrons. The van der Waals surface area contributed by atoms with Gasteiger partial charge in [0.2, 0.25) is 0 Å². The zero-order chi connectivity index (χ0) is 10.4. The number of rotatable bonds is 3. The van der Waals surface area contributed by atoms with Gasteiger partial charge in [0.15, 0.2) is 5.11 Å². The summed E-state index contributed by atoms with van der Waals surface area (Å²) in [6, 6.07) is 0.351. The van der Waals surface area contributed by atoms with Crippen molar-refractivity contribution in [1.82, 2.24) is 10.3 Å². The quantitative estimate of drug-likeness (QED) is 0.429. The van der Waals surface area contributed by atoms with Gasteiger partial charge in [0.1, 0.15) is 0 Å². The van der Waals surface area contributed by atoms with E-state index in [2.05, 4.69) is 24.3 Å². The van der Waals surface area contributed by atoms with Crippen molar-refractivity contribution >= 4 is 23.5 Å². The molecule has 0 aliphatic carbocycles. The van der Waals surface area contributed by atoms with Crippen molar-refractivity contribution in [2.45, 2.75) is 33.7 Å². The molecule has 3 nitrogen and oxygen atoms in total. The van der Waals surface area contributed by atoms with Gasteiger partial charge in [-0.1, -0.05) is 13.8 Å². The molecule has 0 heterocycles. The van der Waals surface area contributed by atoms with Crippen LogP contribution in [0.1, 0.15) is 27.7 Å². The molecule has 4 heteroatoms. The minimum atomic E-state index is 0.351. The average molecular weight is 201 g/mol. The summed E-state index contributed by atoms with van der Waals surface area (Å²) in [5.41, 5.74) is 0. The highest BCUT2D eigenvalue weighted by Crippen LogP contribution is 1.91. The van der Waals surface area contributed by atoms with Crippen LogP contribution in [-0.4, -0.2) is 29.4 Å². The Morgan fingerprint density at radius 1 is 1.38 bits per heavy atom. The third kappa shape index (κ3) is 6.51. The van der Waals surface area contributed by atoms with E-state index in [0.717, 1.165) is 0 Å². The molecule has 0 aliphatic rings. The summed E-state index contributed by atoms with van der Waals surface area (Å²) in [6.45, 7) is 8.26. The zero-order valence-corrected chi connectivity index (χ0v) is 9.85. The molecule has 0 fully saturated rings. The fraction of sp³-hybridized carbons (Fsp3) is 0.778. The van der Waals surface area contributed by atoms with Crippen LogP contribution >= 0.6 is 12.2 Å². The summed E-state index contributed by atoms with van der Waals surface area (Å²) < 4.78 is 0. The normalized spacial score (nSPS) is 11.3. The molecule has 0 aromatic heterocycles. The predicted molar refractivity (Wildman–Crippen MR) is 62.0 cm³/mol. The van der Waals surface area contributed by atoms with E-state index in [4.69, 9.17) is 12.2 Å². The lowest BCUT2D eigenvalue weighted by Gasteiger charge is -2.17. The van der Waals surface area contributed by atoms with Gasteiger partial charge < -0.3 is 5.32 Å². The Morgan fingerprint density at radius 2 is 1.92 bits per heavy atom. The molecule has 0 bridgehead atoms. The van der Waals surface area contributed by atoms with E-state index in [1.165, 1.54) is 0 Å². The van der Waals surface area contributed by atoms with Crippen LogP contribution in [0.25, 0.3) is 0 Å². The molecule has 0 aromatic carbocycles. The van der Waals surface area contributed by atoms with Crippen LogP contribution in [0, 0.1) is 5.92 Å². The molecule has 0 saturated heterocycles. The average Bonchev–Trinajstić information content (AvgIpc) is 1.98. The Labute approximate surface area is 86.2 Å². The van der Waals surface area contributed by atoms with Crippen LogP contribution in [0.15, 0.2) is 5.10 Å². The Balaban J connectivity index is 3.96. The summed E-state index contributed by atoms with van der Waals surface area (Å²) in [5.74, 6) is 0.448. The molecule has 0 aliphatic heterocycles. The van der Waals surface area contributed by atoms with Crippen LogP contribution in [0.5, 0.6) is 0 Å². The summed E-state index contributed by atoms with van der Waals surface area (Å²) >= 11 is 5.11. The summed E-state index contributed by atoms with van der Waals surface area (Å²) in [4.78, 5) is 0. The van der Waals surface area contributed by atoms with Crippen LogP contribution < -0.4 is 5.32 Å². The second-order valence-corrected chi connectivity index (χ2v) is 4.02. The van der Waals surface area contributed by atoms with E-state index in [0.29, 0.717) is 17.1 Å². The lowest BCUT2D eigenvalue weighted by atomic mass is 10.3. The van der Waals surface area contributed by atoms with Crippen molar-refractivity contribution in [3.63, 3.8) is 0 Å². The smallest absolute Gasteiger partial charge is 0.189 e.